The zero-order valence-corrected chi connectivity index (χ0v) is 21.3. The van der Waals surface area contributed by atoms with Gasteiger partial charge >= 0.3 is 0 Å². The third kappa shape index (κ3) is 5.21. The molecule has 3 aromatic carbocycles. The summed E-state index contributed by atoms with van der Waals surface area (Å²) < 4.78 is 0. The number of rotatable bonds is 8. The zero-order chi connectivity index (χ0) is 25.0. The third-order valence-electron chi connectivity index (χ3n) is 6.18. The highest BCUT2D eigenvalue weighted by atomic mass is 35.5. The number of nitrogens with one attached hydrogen (secondary N) is 3. The van der Waals surface area contributed by atoms with E-state index in [0.29, 0.717) is 10.0 Å². The Morgan fingerprint density at radius 3 is 2.06 bits per heavy atom. The van der Waals surface area contributed by atoms with Gasteiger partial charge < -0.3 is 5.32 Å². The largest absolute Gasteiger partial charge is 0.346 e. The van der Waals surface area contributed by atoms with Crippen LogP contribution in [0, 0.1) is 5.92 Å². The van der Waals surface area contributed by atoms with Crippen molar-refractivity contribution in [3.63, 3.8) is 0 Å². The SMILES string of the molecule is CONC(=O)[C@@H](NC1(C(c2ccc(Cl)cc2)c2ccc(Cl)cc2)N=CNc2ccccc21)C(C)C. The first kappa shape index (κ1) is 25.2. The molecule has 1 amide bonds. The second-order valence-corrected chi connectivity index (χ2v) is 9.66. The van der Waals surface area contributed by atoms with E-state index in [2.05, 4.69) is 16.1 Å². The second-order valence-electron chi connectivity index (χ2n) is 8.79. The van der Waals surface area contributed by atoms with Crippen LogP contribution < -0.4 is 16.1 Å². The molecule has 3 N–H and O–H groups in total. The predicted octanol–water partition coefficient (Wildman–Crippen LogP) is 5.72. The topological polar surface area (TPSA) is 74.8 Å². The van der Waals surface area contributed by atoms with Crippen molar-refractivity contribution < 1.29 is 9.63 Å². The number of benzene rings is 3. The molecule has 0 spiro atoms. The Kier molecular flexibility index (Phi) is 7.77. The number of para-hydroxylation sites is 1. The number of hydrogen-bond donors (Lipinski definition) is 3. The number of hydroxylamine groups is 1. The molecular weight excluding hydrogens is 483 g/mol. The fourth-order valence-electron chi connectivity index (χ4n) is 4.56. The lowest BCUT2D eigenvalue weighted by Gasteiger charge is -2.44. The molecule has 6 nitrogen and oxygen atoms in total. The van der Waals surface area contributed by atoms with Gasteiger partial charge in [0.15, 0.2) is 5.66 Å². The number of anilines is 1. The van der Waals surface area contributed by atoms with Crippen molar-refractivity contribution in [1.82, 2.24) is 10.8 Å². The van der Waals surface area contributed by atoms with E-state index in [0.717, 1.165) is 22.4 Å². The van der Waals surface area contributed by atoms with Crippen molar-refractivity contribution in [2.45, 2.75) is 31.5 Å². The van der Waals surface area contributed by atoms with E-state index < -0.39 is 11.7 Å². The average molecular weight is 511 g/mol. The molecule has 0 fully saturated rings. The lowest BCUT2D eigenvalue weighted by Crippen LogP contribution is -2.58. The van der Waals surface area contributed by atoms with E-state index >= 15 is 0 Å². The summed E-state index contributed by atoms with van der Waals surface area (Å²) in [5.74, 6) is -0.664. The van der Waals surface area contributed by atoms with Gasteiger partial charge in [-0.25, -0.2) is 10.5 Å². The number of fused-ring (bicyclic) bond motifs is 1. The molecule has 3 aromatic rings. The first-order valence-electron chi connectivity index (χ1n) is 11.4. The Bertz CT molecular complexity index is 1150. The molecule has 8 heteroatoms. The van der Waals surface area contributed by atoms with Crippen LogP contribution in [-0.2, 0) is 15.3 Å². The summed E-state index contributed by atoms with van der Waals surface area (Å²) in [6.07, 6.45) is 1.68. The van der Waals surface area contributed by atoms with E-state index in [-0.39, 0.29) is 17.7 Å². The molecule has 4 rings (SSSR count). The van der Waals surface area contributed by atoms with E-state index in [4.69, 9.17) is 33.0 Å². The molecule has 0 bridgehead atoms. The number of halogens is 2. The highest BCUT2D eigenvalue weighted by Crippen LogP contribution is 2.47. The summed E-state index contributed by atoms with van der Waals surface area (Å²) in [7, 11) is 1.42. The summed E-state index contributed by atoms with van der Waals surface area (Å²) in [6.45, 7) is 3.97. The molecule has 0 saturated carbocycles. The van der Waals surface area contributed by atoms with Gasteiger partial charge in [0, 0.05) is 21.3 Å². The van der Waals surface area contributed by atoms with Crippen LogP contribution in [0.3, 0.4) is 0 Å². The van der Waals surface area contributed by atoms with Crippen molar-refractivity contribution >= 4 is 41.1 Å². The van der Waals surface area contributed by atoms with Crippen molar-refractivity contribution in [3.8, 4) is 0 Å². The fourth-order valence-corrected chi connectivity index (χ4v) is 4.82. The molecule has 1 aliphatic heterocycles. The first-order chi connectivity index (χ1) is 16.9. The molecule has 0 aromatic heterocycles. The quantitative estimate of drug-likeness (QED) is 0.338. The molecule has 1 heterocycles. The van der Waals surface area contributed by atoms with Crippen LogP contribution in [0.5, 0.6) is 0 Å². The molecule has 2 atom stereocenters. The lowest BCUT2D eigenvalue weighted by molar-refractivity contribution is -0.135. The first-order valence-corrected chi connectivity index (χ1v) is 12.1. The average Bonchev–Trinajstić information content (AvgIpc) is 2.85. The number of hydrogen-bond acceptors (Lipinski definition) is 5. The highest BCUT2D eigenvalue weighted by molar-refractivity contribution is 6.30. The minimum Gasteiger partial charge on any atom is -0.346 e. The molecule has 1 aliphatic rings. The standard InChI is InChI=1S/C27H28Cl2N4O2/c1-17(2)25(26(34)33-35-3)32-27(22-6-4-5-7-23(22)30-16-31-27)24(18-8-12-20(28)13-9-18)19-10-14-21(29)15-11-19/h4-17,24-25,32H,1-3H3,(H,30,31)(H,33,34)/t25-,27?/m0/s1. The highest BCUT2D eigenvalue weighted by Gasteiger charge is 2.47. The van der Waals surface area contributed by atoms with E-state index in [1.165, 1.54) is 7.11 Å². The molecule has 0 saturated heterocycles. The predicted molar refractivity (Wildman–Crippen MR) is 142 cm³/mol. The number of carbonyl (C=O) groups is 1. The van der Waals surface area contributed by atoms with Gasteiger partial charge in [-0.15, -0.1) is 0 Å². The Labute approximate surface area is 215 Å². The minimum absolute atomic E-state index is 0.0599. The molecule has 0 aliphatic carbocycles. The number of nitrogens with zero attached hydrogens (tertiary/aromatic N) is 1. The number of carbonyl (C=O) groups excluding carboxylic acids is 1. The van der Waals surface area contributed by atoms with Gasteiger partial charge in [-0.3, -0.25) is 14.9 Å². The normalized spacial score (nSPS) is 17.7. The van der Waals surface area contributed by atoms with Gasteiger partial charge in [0.2, 0.25) is 0 Å². The van der Waals surface area contributed by atoms with Gasteiger partial charge in [0.25, 0.3) is 5.91 Å². The fraction of sp³-hybridized carbons (Fsp3) is 0.259. The number of amides is 1. The van der Waals surface area contributed by atoms with Gasteiger partial charge in [-0.05, 0) is 47.4 Å². The van der Waals surface area contributed by atoms with Gasteiger partial charge in [0.05, 0.1) is 25.4 Å². The zero-order valence-electron chi connectivity index (χ0n) is 19.8. The lowest BCUT2D eigenvalue weighted by atomic mass is 9.75. The van der Waals surface area contributed by atoms with E-state index in [9.17, 15) is 4.79 Å². The monoisotopic (exact) mass is 510 g/mol. The van der Waals surface area contributed by atoms with Crippen molar-refractivity contribution in [2.75, 3.05) is 12.4 Å². The Hall–Kier alpha value is -2.90. The number of aliphatic imine (C=N–C) groups is 1. The van der Waals surface area contributed by atoms with Gasteiger partial charge in [0.1, 0.15) is 0 Å². The van der Waals surface area contributed by atoms with E-state index in [1.807, 2.05) is 86.6 Å². The maximum absolute atomic E-state index is 13.1. The Balaban J connectivity index is 1.98. The van der Waals surface area contributed by atoms with Crippen LogP contribution in [0.25, 0.3) is 0 Å². The van der Waals surface area contributed by atoms with Crippen LogP contribution in [0.2, 0.25) is 10.0 Å². The molecule has 1 unspecified atom stereocenters. The summed E-state index contributed by atoms with van der Waals surface area (Å²) >= 11 is 12.5. The Morgan fingerprint density at radius 2 is 1.51 bits per heavy atom. The maximum Gasteiger partial charge on any atom is 0.260 e. The van der Waals surface area contributed by atoms with E-state index in [1.54, 1.807) is 6.34 Å². The van der Waals surface area contributed by atoms with Crippen LogP contribution in [0.1, 0.15) is 36.5 Å². The van der Waals surface area contributed by atoms with Crippen LogP contribution in [0.15, 0.2) is 77.8 Å². The minimum atomic E-state index is -1.04. The van der Waals surface area contributed by atoms with Gasteiger partial charge in [-0.1, -0.05) is 79.5 Å². The van der Waals surface area contributed by atoms with Crippen molar-refractivity contribution in [2.24, 2.45) is 10.9 Å². The van der Waals surface area contributed by atoms with Crippen LogP contribution >= 0.6 is 23.2 Å². The van der Waals surface area contributed by atoms with Crippen molar-refractivity contribution in [3.05, 3.63) is 99.5 Å². The summed E-state index contributed by atoms with van der Waals surface area (Å²) in [6, 6.07) is 22.8. The molecule has 182 valence electrons. The second kappa shape index (κ2) is 10.8. The molecular formula is C27H28Cl2N4O2. The summed E-state index contributed by atoms with van der Waals surface area (Å²) in [4.78, 5) is 23.1. The van der Waals surface area contributed by atoms with Gasteiger partial charge in [-0.2, -0.15) is 0 Å². The van der Waals surface area contributed by atoms with Crippen LogP contribution in [-0.4, -0.2) is 25.4 Å². The molecule has 35 heavy (non-hydrogen) atoms. The smallest absolute Gasteiger partial charge is 0.260 e. The third-order valence-corrected chi connectivity index (χ3v) is 6.68. The maximum atomic E-state index is 13.1. The molecule has 0 radical (unpaired) electrons. The summed E-state index contributed by atoms with van der Waals surface area (Å²) in [5, 5.41) is 8.17. The Morgan fingerprint density at radius 1 is 0.943 bits per heavy atom. The summed E-state index contributed by atoms with van der Waals surface area (Å²) in [5.41, 5.74) is 5.22. The van der Waals surface area contributed by atoms with Crippen LogP contribution in [0.4, 0.5) is 5.69 Å². The van der Waals surface area contributed by atoms with Crippen molar-refractivity contribution in [1.29, 1.82) is 0 Å².